The molecule has 0 saturated heterocycles. The normalized spacial score (nSPS) is 22.3. The van der Waals surface area contributed by atoms with Gasteiger partial charge in [-0.1, -0.05) is 25.8 Å². The van der Waals surface area contributed by atoms with E-state index in [1.54, 1.807) is 0 Å². The molecule has 0 atom stereocenters. The Morgan fingerprint density at radius 3 is 2.96 bits per heavy atom. The third-order valence-electron chi connectivity index (χ3n) is 5.04. The van der Waals surface area contributed by atoms with E-state index < -0.39 is 0 Å². The fourth-order valence-corrected chi connectivity index (χ4v) is 3.58. The fourth-order valence-electron chi connectivity index (χ4n) is 3.35. The minimum atomic E-state index is 0.0120. The first-order valence-corrected chi connectivity index (χ1v) is 9.02. The highest BCUT2D eigenvalue weighted by molar-refractivity contribution is 7.71. The minimum Gasteiger partial charge on any atom is -0.351 e. The van der Waals surface area contributed by atoms with Gasteiger partial charge in [-0.05, 0) is 49.7 Å². The first-order valence-electron chi connectivity index (χ1n) is 8.61. The van der Waals surface area contributed by atoms with Crippen molar-refractivity contribution in [2.45, 2.75) is 64.8 Å². The molecule has 2 saturated carbocycles. The highest BCUT2D eigenvalue weighted by Gasteiger charge is 2.29. The molecule has 2 aliphatic carbocycles. The highest BCUT2D eigenvalue weighted by atomic mass is 32.1. The molecule has 2 fully saturated rings. The summed E-state index contributed by atoms with van der Waals surface area (Å²) in [6.45, 7) is 5.73. The van der Waals surface area contributed by atoms with Crippen LogP contribution in [0.15, 0.2) is 11.6 Å². The number of nitrogens with one attached hydrogen (secondary N) is 2. The van der Waals surface area contributed by atoms with Crippen molar-refractivity contribution in [3.05, 3.63) is 22.2 Å². The number of rotatable bonds is 5. The zero-order valence-electron chi connectivity index (χ0n) is 14.0. The lowest BCUT2D eigenvalue weighted by Gasteiger charge is -2.32. The van der Waals surface area contributed by atoms with Crippen molar-refractivity contribution >= 4 is 18.1 Å². The summed E-state index contributed by atoms with van der Waals surface area (Å²) in [4.78, 5) is 12.2. The zero-order chi connectivity index (χ0) is 16.4. The third kappa shape index (κ3) is 3.91. The second kappa shape index (κ2) is 6.59. The van der Waals surface area contributed by atoms with Crippen LogP contribution in [0.3, 0.4) is 0 Å². The molecule has 1 heterocycles. The number of H-pyrrole nitrogens is 1. The maximum absolute atomic E-state index is 12.2. The Kier molecular flexibility index (Phi) is 4.71. The maximum atomic E-state index is 12.2. The minimum absolute atomic E-state index is 0.0120. The van der Waals surface area contributed by atoms with Crippen LogP contribution in [0.2, 0.25) is 0 Å². The van der Waals surface area contributed by atoms with E-state index in [1.807, 2.05) is 10.6 Å². The molecule has 0 spiro atoms. The van der Waals surface area contributed by atoms with Crippen LogP contribution in [0.25, 0.3) is 0 Å². The second-order valence-corrected chi connectivity index (χ2v) is 7.75. The van der Waals surface area contributed by atoms with Gasteiger partial charge in [0.25, 0.3) is 0 Å². The van der Waals surface area contributed by atoms with E-state index in [9.17, 15) is 4.79 Å². The van der Waals surface area contributed by atoms with Crippen molar-refractivity contribution in [2.75, 3.05) is 6.54 Å². The summed E-state index contributed by atoms with van der Waals surface area (Å²) in [5.41, 5.74) is 1.43. The van der Waals surface area contributed by atoms with Crippen molar-refractivity contribution in [1.29, 1.82) is 0 Å². The van der Waals surface area contributed by atoms with Crippen LogP contribution in [0.5, 0.6) is 0 Å². The first-order chi connectivity index (χ1) is 11.0. The topological polar surface area (TPSA) is 62.7 Å². The largest absolute Gasteiger partial charge is 0.351 e. The number of hydrogen-bond donors (Lipinski definition) is 2. The van der Waals surface area contributed by atoms with Crippen molar-refractivity contribution in [1.82, 2.24) is 20.1 Å². The van der Waals surface area contributed by atoms with E-state index in [2.05, 4.69) is 29.4 Å². The predicted octanol–water partition coefficient (Wildman–Crippen LogP) is 3.46. The molecule has 1 aromatic heterocycles. The Morgan fingerprint density at radius 2 is 2.26 bits per heavy atom. The summed E-state index contributed by atoms with van der Waals surface area (Å²) in [7, 11) is 0. The number of carbonyl (C=O) groups excluding carboxylic acids is 1. The average Bonchev–Trinajstić information content (AvgIpc) is 3.27. The number of carbonyl (C=O) groups is 1. The lowest BCUT2D eigenvalue weighted by molar-refractivity contribution is -0.116. The number of nitrogens with zero attached hydrogens (tertiary/aromatic N) is 2. The van der Waals surface area contributed by atoms with E-state index >= 15 is 0 Å². The van der Waals surface area contributed by atoms with Crippen LogP contribution < -0.4 is 5.32 Å². The molecule has 0 radical (unpaired) electrons. The van der Waals surface area contributed by atoms with Crippen LogP contribution in [-0.2, 0) is 11.3 Å². The molecule has 126 valence electrons. The Labute approximate surface area is 142 Å². The maximum Gasteiger partial charge on any atom is 0.244 e. The Bertz CT molecular complexity index is 666. The molecule has 1 aromatic rings. The summed E-state index contributed by atoms with van der Waals surface area (Å²) in [5, 5.41) is 10.2. The molecule has 5 nitrogen and oxygen atoms in total. The van der Waals surface area contributed by atoms with Gasteiger partial charge in [0.15, 0.2) is 4.77 Å². The number of aromatic nitrogens is 3. The summed E-state index contributed by atoms with van der Waals surface area (Å²) in [6, 6.07) is 0. The molecular weight excluding hydrogens is 308 g/mol. The summed E-state index contributed by atoms with van der Waals surface area (Å²) >= 11 is 5.28. The molecule has 0 aromatic carbocycles. The number of allylic oxidation sites excluding steroid dienone is 1. The molecular formula is C17H26N4OS. The van der Waals surface area contributed by atoms with E-state index in [-0.39, 0.29) is 11.3 Å². The molecule has 3 rings (SSSR count). The third-order valence-corrected chi connectivity index (χ3v) is 5.35. The van der Waals surface area contributed by atoms with Gasteiger partial charge in [0.2, 0.25) is 5.91 Å². The zero-order valence-corrected chi connectivity index (χ0v) is 14.8. The van der Waals surface area contributed by atoms with E-state index in [0.29, 0.717) is 23.8 Å². The highest BCUT2D eigenvalue weighted by Crippen LogP contribution is 2.40. The van der Waals surface area contributed by atoms with E-state index in [0.717, 1.165) is 12.2 Å². The molecule has 1 amide bonds. The van der Waals surface area contributed by atoms with Crippen LogP contribution in [0.4, 0.5) is 0 Å². The predicted molar refractivity (Wildman–Crippen MR) is 92.7 cm³/mol. The molecule has 2 N–H and O–H groups in total. The molecule has 0 unspecified atom stereocenters. The molecule has 0 aliphatic heterocycles. The molecule has 0 bridgehead atoms. The van der Waals surface area contributed by atoms with Gasteiger partial charge in [0.05, 0.1) is 0 Å². The second-order valence-electron chi connectivity index (χ2n) is 7.36. The lowest BCUT2D eigenvalue weighted by atomic mass is 9.73. The van der Waals surface area contributed by atoms with E-state index in [4.69, 9.17) is 12.2 Å². The Hall–Kier alpha value is -1.43. The van der Waals surface area contributed by atoms with Crippen molar-refractivity contribution in [3.8, 4) is 0 Å². The first kappa shape index (κ1) is 16.4. The number of amides is 1. The van der Waals surface area contributed by atoms with Gasteiger partial charge in [-0.3, -0.25) is 9.89 Å². The summed E-state index contributed by atoms with van der Waals surface area (Å²) < 4.78 is 2.67. The van der Waals surface area contributed by atoms with Gasteiger partial charge >= 0.3 is 0 Å². The van der Waals surface area contributed by atoms with Gasteiger partial charge in [-0.2, -0.15) is 5.10 Å². The van der Waals surface area contributed by atoms with Gasteiger partial charge in [0, 0.05) is 25.1 Å². The smallest absolute Gasteiger partial charge is 0.244 e. The number of hydrogen-bond acceptors (Lipinski definition) is 3. The van der Waals surface area contributed by atoms with E-state index in [1.165, 1.54) is 37.7 Å². The van der Waals surface area contributed by atoms with Crippen molar-refractivity contribution in [3.63, 3.8) is 0 Å². The van der Waals surface area contributed by atoms with Crippen LogP contribution in [0, 0.1) is 10.2 Å². The van der Waals surface area contributed by atoms with Gasteiger partial charge in [0.1, 0.15) is 5.82 Å². The Morgan fingerprint density at radius 1 is 1.48 bits per heavy atom. The van der Waals surface area contributed by atoms with Gasteiger partial charge in [-0.15, -0.1) is 0 Å². The quantitative estimate of drug-likeness (QED) is 0.640. The standard InChI is InChI=1S/C17H26N4OS/c1-17(2)8-4-3-5-13(17)11-14(22)18-9-10-21-15(12-6-7-12)19-20-16(21)23/h11-12H,3-10H2,1-2H3,(H,18,22)(H,20,23). The SMILES string of the molecule is CC1(C)CCCCC1=CC(=O)NCCn1c(C2CC2)n[nH]c1=S. The summed E-state index contributed by atoms with van der Waals surface area (Å²) in [5.74, 6) is 1.60. The van der Waals surface area contributed by atoms with Crippen LogP contribution in [-0.4, -0.2) is 27.2 Å². The van der Waals surface area contributed by atoms with Gasteiger partial charge in [-0.25, -0.2) is 0 Å². The van der Waals surface area contributed by atoms with Crippen LogP contribution >= 0.6 is 12.2 Å². The molecule has 23 heavy (non-hydrogen) atoms. The fraction of sp³-hybridized carbons (Fsp3) is 0.706. The average molecular weight is 334 g/mol. The Balaban J connectivity index is 1.55. The lowest BCUT2D eigenvalue weighted by Crippen LogP contribution is -2.28. The number of aromatic amines is 1. The molecule has 6 heteroatoms. The summed E-state index contributed by atoms with van der Waals surface area (Å²) in [6.07, 6.45) is 8.85. The monoisotopic (exact) mass is 334 g/mol. The molecule has 2 aliphatic rings. The van der Waals surface area contributed by atoms with Crippen LogP contribution in [0.1, 0.15) is 64.1 Å². The van der Waals surface area contributed by atoms with Gasteiger partial charge < -0.3 is 9.88 Å². The van der Waals surface area contributed by atoms with Crippen molar-refractivity contribution in [2.24, 2.45) is 5.41 Å². The van der Waals surface area contributed by atoms with Crippen molar-refractivity contribution < 1.29 is 4.79 Å².